The zero-order valence-electron chi connectivity index (χ0n) is 15.1. The normalized spacial score (nSPS) is 10.4. The number of nitrogens with one attached hydrogen (secondary N) is 2. The number of benzene rings is 2. The Hall–Kier alpha value is -2.53. The molecule has 25 heavy (non-hydrogen) atoms. The molecule has 2 aromatic carbocycles. The van der Waals surface area contributed by atoms with Gasteiger partial charge >= 0.3 is 0 Å². The van der Waals surface area contributed by atoms with Crippen LogP contribution in [0.2, 0.25) is 0 Å². The molecule has 134 valence electrons. The third-order valence-electron chi connectivity index (χ3n) is 3.90. The van der Waals surface area contributed by atoms with Gasteiger partial charge in [0.05, 0.1) is 20.8 Å². The van der Waals surface area contributed by atoms with E-state index in [4.69, 9.17) is 9.47 Å². The maximum Gasteiger partial charge on any atom is 0.234 e. The molecule has 5 heteroatoms. The van der Waals surface area contributed by atoms with Crippen LogP contribution in [0.5, 0.6) is 11.5 Å². The van der Waals surface area contributed by atoms with E-state index < -0.39 is 0 Å². The molecule has 0 saturated heterocycles. The molecule has 0 radical (unpaired) electrons. The Morgan fingerprint density at radius 2 is 1.80 bits per heavy atom. The standard InChI is InChI=1S/C20H26N2O3/c1-15-5-4-6-17(11-15)13-22-20(23)14-21-10-9-16-7-8-18(24-2)19(12-16)25-3/h4-8,11-12,21H,9-10,13-14H2,1-3H3,(H,22,23). The summed E-state index contributed by atoms with van der Waals surface area (Å²) in [6, 6.07) is 14.0. The summed E-state index contributed by atoms with van der Waals surface area (Å²) in [5.41, 5.74) is 3.43. The van der Waals surface area contributed by atoms with Gasteiger partial charge in [0, 0.05) is 6.54 Å². The van der Waals surface area contributed by atoms with Crippen LogP contribution in [0.4, 0.5) is 0 Å². The zero-order chi connectivity index (χ0) is 18.1. The Balaban J connectivity index is 1.69. The molecule has 1 amide bonds. The molecule has 0 aromatic heterocycles. The zero-order valence-corrected chi connectivity index (χ0v) is 15.1. The van der Waals surface area contributed by atoms with Gasteiger partial charge in [-0.05, 0) is 43.1 Å². The number of aryl methyl sites for hydroxylation is 1. The summed E-state index contributed by atoms with van der Waals surface area (Å²) >= 11 is 0. The van der Waals surface area contributed by atoms with Crippen LogP contribution in [-0.2, 0) is 17.8 Å². The highest BCUT2D eigenvalue weighted by atomic mass is 16.5. The molecule has 2 rings (SSSR count). The summed E-state index contributed by atoms with van der Waals surface area (Å²) in [4.78, 5) is 11.9. The van der Waals surface area contributed by atoms with Gasteiger partial charge in [-0.2, -0.15) is 0 Å². The molecule has 0 bridgehead atoms. The van der Waals surface area contributed by atoms with Crippen molar-refractivity contribution in [3.05, 3.63) is 59.2 Å². The van der Waals surface area contributed by atoms with Gasteiger partial charge < -0.3 is 20.1 Å². The fourth-order valence-corrected chi connectivity index (χ4v) is 2.56. The fraction of sp³-hybridized carbons (Fsp3) is 0.350. The molecule has 0 saturated carbocycles. The van der Waals surface area contributed by atoms with Gasteiger partial charge in [-0.15, -0.1) is 0 Å². The Morgan fingerprint density at radius 1 is 1.00 bits per heavy atom. The van der Waals surface area contributed by atoms with E-state index in [0.29, 0.717) is 19.6 Å². The number of hydrogen-bond acceptors (Lipinski definition) is 4. The van der Waals surface area contributed by atoms with Crippen molar-refractivity contribution >= 4 is 5.91 Å². The van der Waals surface area contributed by atoms with E-state index >= 15 is 0 Å². The Morgan fingerprint density at radius 3 is 2.52 bits per heavy atom. The third-order valence-corrected chi connectivity index (χ3v) is 3.90. The highest BCUT2D eigenvalue weighted by Crippen LogP contribution is 2.27. The van der Waals surface area contributed by atoms with Gasteiger partial charge in [-0.25, -0.2) is 0 Å². The first-order valence-corrected chi connectivity index (χ1v) is 8.36. The van der Waals surface area contributed by atoms with Crippen LogP contribution >= 0.6 is 0 Å². The monoisotopic (exact) mass is 342 g/mol. The highest BCUT2D eigenvalue weighted by Gasteiger charge is 2.05. The van der Waals surface area contributed by atoms with Crippen molar-refractivity contribution in [2.45, 2.75) is 19.9 Å². The lowest BCUT2D eigenvalue weighted by atomic mass is 10.1. The predicted octanol–water partition coefficient (Wildman–Crippen LogP) is 2.46. The van der Waals surface area contributed by atoms with Crippen molar-refractivity contribution in [2.24, 2.45) is 0 Å². The maximum atomic E-state index is 11.9. The van der Waals surface area contributed by atoms with Crippen LogP contribution in [0.1, 0.15) is 16.7 Å². The molecule has 0 spiro atoms. The Kier molecular flexibility index (Phi) is 7.29. The number of carbonyl (C=O) groups excluding carboxylic acids is 1. The molecule has 2 aromatic rings. The van der Waals surface area contributed by atoms with E-state index in [9.17, 15) is 4.79 Å². The van der Waals surface area contributed by atoms with Gasteiger partial charge in [-0.1, -0.05) is 35.9 Å². The Labute approximate surface area is 149 Å². The van der Waals surface area contributed by atoms with E-state index in [1.165, 1.54) is 5.56 Å². The lowest BCUT2D eigenvalue weighted by Gasteiger charge is -2.10. The average molecular weight is 342 g/mol. The van der Waals surface area contributed by atoms with Crippen LogP contribution in [0, 0.1) is 6.92 Å². The number of hydrogen-bond donors (Lipinski definition) is 2. The smallest absolute Gasteiger partial charge is 0.234 e. The van der Waals surface area contributed by atoms with E-state index in [1.807, 2.05) is 43.3 Å². The first kappa shape index (κ1) is 18.8. The summed E-state index contributed by atoms with van der Waals surface area (Å²) in [5, 5.41) is 6.08. The number of methoxy groups -OCH3 is 2. The van der Waals surface area contributed by atoms with E-state index in [1.54, 1.807) is 14.2 Å². The molecule has 0 atom stereocenters. The first-order valence-electron chi connectivity index (χ1n) is 8.36. The maximum absolute atomic E-state index is 11.9. The fourth-order valence-electron chi connectivity index (χ4n) is 2.56. The minimum Gasteiger partial charge on any atom is -0.493 e. The first-order chi connectivity index (χ1) is 12.1. The van der Waals surface area contributed by atoms with Crippen molar-refractivity contribution in [3.63, 3.8) is 0 Å². The van der Waals surface area contributed by atoms with E-state index in [2.05, 4.69) is 16.7 Å². The molecule has 0 fully saturated rings. The summed E-state index contributed by atoms with van der Waals surface area (Å²) in [7, 11) is 3.24. The lowest BCUT2D eigenvalue weighted by Crippen LogP contribution is -2.34. The molecule has 5 nitrogen and oxygen atoms in total. The third kappa shape index (κ3) is 6.12. The Bertz CT molecular complexity index is 701. The van der Waals surface area contributed by atoms with E-state index in [0.717, 1.165) is 29.0 Å². The largest absolute Gasteiger partial charge is 0.493 e. The molecular weight excluding hydrogens is 316 g/mol. The summed E-state index contributed by atoms with van der Waals surface area (Å²) in [6.07, 6.45) is 0.811. The number of carbonyl (C=O) groups is 1. The molecular formula is C20H26N2O3. The van der Waals surface area contributed by atoms with Crippen LogP contribution in [-0.4, -0.2) is 33.2 Å². The second-order valence-electron chi connectivity index (χ2n) is 5.88. The molecule has 0 aliphatic rings. The van der Waals surface area contributed by atoms with Crippen LogP contribution in [0.3, 0.4) is 0 Å². The minimum atomic E-state index is -0.00572. The van der Waals surface area contributed by atoms with Crippen LogP contribution < -0.4 is 20.1 Å². The van der Waals surface area contributed by atoms with Gasteiger partial charge in [0.15, 0.2) is 11.5 Å². The molecule has 0 aliphatic carbocycles. The molecule has 0 aliphatic heterocycles. The van der Waals surface area contributed by atoms with Crippen molar-refractivity contribution < 1.29 is 14.3 Å². The number of amides is 1. The molecule has 0 heterocycles. The SMILES string of the molecule is COc1ccc(CCNCC(=O)NCc2cccc(C)c2)cc1OC. The topological polar surface area (TPSA) is 59.6 Å². The van der Waals surface area contributed by atoms with Gasteiger partial charge in [-0.3, -0.25) is 4.79 Å². The van der Waals surface area contributed by atoms with Gasteiger partial charge in [0.25, 0.3) is 0 Å². The van der Waals surface area contributed by atoms with Gasteiger partial charge in [0.1, 0.15) is 0 Å². The highest BCUT2D eigenvalue weighted by molar-refractivity contribution is 5.77. The van der Waals surface area contributed by atoms with Crippen molar-refractivity contribution in [1.82, 2.24) is 10.6 Å². The predicted molar refractivity (Wildman–Crippen MR) is 99.1 cm³/mol. The van der Waals surface area contributed by atoms with Crippen molar-refractivity contribution in [3.8, 4) is 11.5 Å². The second kappa shape index (κ2) is 9.69. The van der Waals surface area contributed by atoms with E-state index in [-0.39, 0.29) is 5.91 Å². The van der Waals surface area contributed by atoms with Crippen LogP contribution in [0.25, 0.3) is 0 Å². The van der Waals surface area contributed by atoms with Crippen molar-refractivity contribution in [2.75, 3.05) is 27.3 Å². The van der Waals surface area contributed by atoms with Crippen molar-refractivity contribution in [1.29, 1.82) is 0 Å². The number of rotatable bonds is 9. The van der Waals surface area contributed by atoms with Crippen LogP contribution in [0.15, 0.2) is 42.5 Å². The van der Waals surface area contributed by atoms with Gasteiger partial charge in [0.2, 0.25) is 5.91 Å². The number of ether oxygens (including phenoxy) is 2. The lowest BCUT2D eigenvalue weighted by molar-refractivity contribution is -0.120. The molecule has 0 unspecified atom stereocenters. The summed E-state index contributed by atoms with van der Waals surface area (Å²) in [6.45, 7) is 3.62. The summed E-state index contributed by atoms with van der Waals surface area (Å²) < 4.78 is 10.5. The minimum absolute atomic E-state index is 0.00572. The second-order valence-corrected chi connectivity index (χ2v) is 5.88. The average Bonchev–Trinajstić information content (AvgIpc) is 2.63. The quantitative estimate of drug-likeness (QED) is 0.687. The summed E-state index contributed by atoms with van der Waals surface area (Å²) in [5.74, 6) is 1.43. The molecule has 2 N–H and O–H groups in total.